The molecule has 43 heavy (non-hydrogen) atoms. The number of nitrogens with one attached hydrogen (secondary N) is 2. The Hall–Kier alpha value is -4.97. The van der Waals surface area contributed by atoms with Gasteiger partial charge in [0.25, 0.3) is 0 Å². The Bertz CT molecular complexity index is 1600. The fraction of sp³-hybridized carbons (Fsp3) is 0.323. The van der Waals surface area contributed by atoms with Gasteiger partial charge in [0.15, 0.2) is 0 Å². The first kappa shape index (κ1) is 29.5. The molecule has 12 nitrogen and oxygen atoms in total. The molecule has 4 aromatic rings. The molecule has 1 saturated heterocycles. The van der Waals surface area contributed by atoms with Gasteiger partial charge in [0.2, 0.25) is 17.7 Å². The Kier molecular flexibility index (Phi) is 9.16. The van der Waals surface area contributed by atoms with Gasteiger partial charge in [-0.1, -0.05) is 17.3 Å². The zero-order chi connectivity index (χ0) is 30.3. The maximum atomic E-state index is 14.3. The van der Waals surface area contributed by atoms with E-state index in [-0.39, 0.29) is 18.6 Å². The summed E-state index contributed by atoms with van der Waals surface area (Å²) >= 11 is 0. The molecule has 0 saturated carbocycles. The zero-order valence-corrected chi connectivity index (χ0v) is 24.3. The van der Waals surface area contributed by atoms with Gasteiger partial charge in [-0.3, -0.25) is 19.3 Å². The molecule has 3 amide bonds. The Morgan fingerprint density at radius 3 is 2.56 bits per heavy atom. The van der Waals surface area contributed by atoms with Crippen molar-refractivity contribution in [3.63, 3.8) is 0 Å². The summed E-state index contributed by atoms with van der Waals surface area (Å²) < 4.78 is 18.3. The van der Waals surface area contributed by atoms with Crippen molar-refractivity contribution in [2.45, 2.75) is 38.5 Å². The van der Waals surface area contributed by atoms with Crippen LogP contribution in [0.4, 0.5) is 11.4 Å². The van der Waals surface area contributed by atoms with Gasteiger partial charge >= 0.3 is 0 Å². The summed E-state index contributed by atoms with van der Waals surface area (Å²) in [5.74, 6) is -0.158. The number of fused-ring (bicyclic) bond motifs is 1. The van der Waals surface area contributed by atoms with Gasteiger partial charge in [0.1, 0.15) is 29.6 Å². The molecule has 5 rings (SSSR count). The van der Waals surface area contributed by atoms with E-state index in [0.717, 1.165) is 12.8 Å². The summed E-state index contributed by atoms with van der Waals surface area (Å²) in [7, 11) is 3.03. The van der Waals surface area contributed by atoms with E-state index in [0.29, 0.717) is 52.6 Å². The van der Waals surface area contributed by atoms with Crippen molar-refractivity contribution in [3.8, 4) is 11.5 Å². The second-order valence-electron chi connectivity index (χ2n) is 10.1. The lowest BCUT2D eigenvalue weighted by Gasteiger charge is -2.32. The van der Waals surface area contributed by atoms with Crippen molar-refractivity contribution in [2.24, 2.45) is 0 Å². The summed E-state index contributed by atoms with van der Waals surface area (Å²) in [6, 6.07) is 18.0. The number of ether oxygens (including phenoxy) is 3. The molecule has 0 unspecified atom stereocenters. The number of carbonyl (C=O) groups is 3. The normalized spacial score (nSPS) is 15.1. The van der Waals surface area contributed by atoms with E-state index >= 15 is 0 Å². The highest BCUT2D eigenvalue weighted by atomic mass is 16.5. The Morgan fingerprint density at radius 1 is 1.07 bits per heavy atom. The molecule has 3 aromatic carbocycles. The van der Waals surface area contributed by atoms with Crippen molar-refractivity contribution < 1.29 is 28.6 Å². The third kappa shape index (κ3) is 6.75. The van der Waals surface area contributed by atoms with E-state index < -0.39 is 17.9 Å². The largest absolute Gasteiger partial charge is 0.497 e. The van der Waals surface area contributed by atoms with E-state index in [1.807, 2.05) is 24.3 Å². The molecule has 2 atom stereocenters. The summed E-state index contributed by atoms with van der Waals surface area (Å²) in [4.78, 5) is 41.5. The summed E-state index contributed by atoms with van der Waals surface area (Å²) in [6.45, 7) is 2.16. The first-order valence-corrected chi connectivity index (χ1v) is 14.0. The molecule has 224 valence electrons. The monoisotopic (exact) mass is 586 g/mol. The number of carbonyl (C=O) groups excluding carboxylic acids is 3. The van der Waals surface area contributed by atoms with Gasteiger partial charge in [-0.25, -0.2) is 4.68 Å². The topological polar surface area (TPSA) is 137 Å². The number of methoxy groups -OCH3 is 2. The molecule has 0 bridgehead atoms. The molecule has 1 aliphatic rings. The average molecular weight is 587 g/mol. The van der Waals surface area contributed by atoms with Gasteiger partial charge in [-0.2, -0.15) is 0 Å². The van der Waals surface area contributed by atoms with Crippen LogP contribution in [0.2, 0.25) is 0 Å². The lowest BCUT2D eigenvalue weighted by atomic mass is 10.0. The van der Waals surface area contributed by atoms with Crippen LogP contribution in [0.5, 0.6) is 11.5 Å². The van der Waals surface area contributed by atoms with Crippen molar-refractivity contribution >= 4 is 40.1 Å². The lowest BCUT2D eigenvalue weighted by Crippen LogP contribution is -2.46. The van der Waals surface area contributed by atoms with Crippen molar-refractivity contribution in [1.29, 1.82) is 0 Å². The molecule has 2 heterocycles. The quantitative estimate of drug-likeness (QED) is 0.273. The Balaban J connectivity index is 1.59. The third-order valence-corrected chi connectivity index (χ3v) is 7.21. The molecule has 0 radical (unpaired) electrons. The van der Waals surface area contributed by atoms with Crippen LogP contribution in [0.3, 0.4) is 0 Å². The fourth-order valence-electron chi connectivity index (χ4n) is 5.14. The van der Waals surface area contributed by atoms with E-state index in [1.165, 1.54) is 30.7 Å². The second-order valence-corrected chi connectivity index (χ2v) is 10.1. The lowest BCUT2D eigenvalue weighted by molar-refractivity contribution is -0.127. The molecule has 2 N–H and O–H groups in total. The maximum Gasteiger partial charge on any atom is 0.249 e. The van der Waals surface area contributed by atoms with Crippen LogP contribution in [-0.2, 0) is 25.7 Å². The van der Waals surface area contributed by atoms with Gasteiger partial charge in [-0.05, 0) is 61.4 Å². The molecule has 0 spiro atoms. The van der Waals surface area contributed by atoms with E-state index in [1.54, 1.807) is 42.5 Å². The van der Waals surface area contributed by atoms with E-state index in [2.05, 4.69) is 20.9 Å². The summed E-state index contributed by atoms with van der Waals surface area (Å²) in [6.07, 6.45) is 1.65. The number of anilines is 2. The third-order valence-electron chi connectivity index (χ3n) is 7.21. The minimum atomic E-state index is -1.14. The van der Waals surface area contributed by atoms with E-state index in [9.17, 15) is 14.4 Å². The molecular formula is C31H34N6O6. The highest BCUT2D eigenvalue weighted by molar-refractivity contribution is 6.02. The van der Waals surface area contributed by atoms with Crippen molar-refractivity contribution in [2.75, 3.05) is 37.6 Å². The number of aromatic nitrogens is 3. The molecule has 1 aliphatic heterocycles. The standard InChI is InChI=1S/C31H34N6O6/c1-20(38)33-21-10-12-22(13-11-21)37(29(39)19-36-27-9-5-4-8-26(27)34-35-36)30(31(40)32-18-24-7-6-16-43-24)25-15-14-23(41-2)17-28(25)42-3/h4-5,8-15,17,24,30H,6-7,16,18-19H2,1-3H3,(H,32,40)(H,33,38)/t24-,30-/m0/s1. The first-order valence-electron chi connectivity index (χ1n) is 14.0. The van der Waals surface area contributed by atoms with Crippen LogP contribution in [0.1, 0.15) is 31.4 Å². The van der Waals surface area contributed by atoms with Crippen LogP contribution < -0.4 is 25.0 Å². The molecule has 12 heteroatoms. The van der Waals surface area contributed by atoms with Crippen LogP contribution in [-0.4, -0.2) is 66.2 Å². The minimum Gasteiger partial charge on any atom is -0.497 e. The van der Waals surface area contributed by atoms with Crippen molar-refractivity contribution in [3.05, 3.63) is 72.3 Å². The van der Waals surface area contributed by atoms with Crippen molar-refractivity contribution in [1.82, 2.24) is 20.3 Å². The molecule has 1 fully saturated rings. The smallest absolute Gasteiger partial charge is 0.249 e. The maximum absolute atomic E-state index is 14.3. The van der Waals surface area contributed by atoms with E-state index in [4.69, 9.17) is 14.2 Å². The average Bonchev–Trinajstić information content (AvgIpc) is 3.69. The number of rotatable bonds is 11. The predicted octanol–water partition coefficient (Wildman–Crippen LogP) is 3.48. The van der Waals surface area contributed by atoms with Gasteiger partial charge in [0, 0.05) is 43.1 Å². The highest BCUT2D eigenvalue weighted by Gasteiger charge is 2.36. The SMILES string of the molecule is COc1ccc([C@@H](C(=O)NC[C@@H]2CCCO2)N(C(=O)Cn2nnc3ccccc32)c2ccc(NC(C)=O)cc2)c(OC)c1. The second kappa shape index (κ2) is 13.3. The van der Waals surface area contributed by atoms with Crippen LogP contribution in [0.15, 0.2) is 66.7 Å². The Morgan fingerprint density at radius 2 is 1.86 bits per heavy atom. The summed E-state index contributed by atoms with van der Waals surface area (Å²) in [5, 5.41) is 14.1. The number of amides is 3. The molecule has 1 aromatic heterocycles. The Labute approximate surface area is 248 Å². The van der Waals surface area contributed by atoms with Crippen LogP contribution >= 0.6 is 0 Å². The summed E-state index contributed by atoms with van der Waals surface area (Å²) in [5.41, 5.74) is 2.75. The van der Waals surface area contributed by atoms with Crippen LogP contribution in [0, 0.1) is 0 Å². The fourth-order valence-corrected chi connectivity index (χ4v) is 5.14. The number of benzene rings is 3. The minimum absolute atomic E-state index is 0.107. The number of para-hydroxylation sites is 1. The first-order chi connectivity index (χ1) is 20.9. The zero-order valence-electron chi connectivity index (χ0n) is 24.3. The highest BCUT2D eigenvalue weighted by Crippen LogP contribution is 2.36. The molecular weight excluding hydrogens is 552 g/mol. The predicted molar refractivity (Wildman–Crippen MR) is 160 cm³/mol. The van der Waals surface area contributed by atoms with Gasteiger partial charge in [0.05, 0.1) is 25.8 Å². The molecule has 0 aliphatic carbocycles. The van der Waals surface area contributed by atoms with Crippen LogP contribution in [0.25, 0.3) is 11.0 Å². The van der Waals surface area contributed by atoms with Gasteiger partial charge in [-0.15, -0.1) is 5.10 Å². The number of hydrogen-bond donors (Lipinski definition) is 2. The number of nitrogens with zero attached hydrogens (tertiary/aromatic N) is 4. The van der Waals surface area contributed by atoms with Gasteiger partial charge < -0.3 is 24.8 Å². The number of hydrogen-bond acceptors (Lipinski definition) is 8.